The summed E-state index contributed by atoms with van der Waals surface area (Å²) < 4.78 is 14.7. The largest absolute Gasteiger partial charge is 0.504 e. The molecule has 0 amide bonds. The molecule has 2 heterocycles. The Balaban J connectivity index is 0.733. The van der Waals surface area contributed by atoms with Crippen LogP contribution in [-0.2, 0) is 34.5 Å². The zero-order valence-corrected chi connectivity index (χ0v) is 65.1. The highest BCUT2D eigenvalue weighted by atomic mass is 16.7. The zero-order valence-electron chi connectivity index (χ0n) is 65.1. The van der Waals surface area contributed by atoms with Crippen molar-refractivity contribution in [1.29, 1.82) is 0 Å². The van der Waals surface area contributed by atoms with Gasteiger partial charge in [0.05, 0.1) is 0 Å². The molecule has 12 N–H and O–H groups in total. The minimum absolute atomic E-state index is 0.141. The predicted molar refractivity (Wildman–Crippen MR) is 461 cm³/mol. The van der Waals surface area contributed by atoms with E-state index in [2.05, 4.69) is 92.7 Å². The fourth-order valence-electron chi connectivity index (χ4n) is 21.3. The van der Waals surface area contributed by atoms with Gasteiger partial charge < -0.3 is 70.8 Å². The summed E-state index contributed by atoms with van der Waals surface area (Å²) in [5.74, 6) is -5.15. The lowest BCUT2D eigenvalue weighted by Gasteiger charge is -2.53. The van der Waals surface area contributed by atoms with Crippen molar-refractivity contribution in [2.24, 2.45) is 0 Å². The van der Waals surface area contributed by atoms with Gasteiger partial charge in [-0.2, -0.15) is 0 Å². The molecule has 15 aromatic rings. The van der Waals surface area contributed by atoms with Gasteiger partial charge in [-0.05, 0) is 231 Å². The maximum absolute atomic E-state index is 12.1. The third kappa shape index (κ3) is 11.4. The van der Waals surface area contributed by atoms with E-state index < -0.39 is 38.9 Å². The number of phenolic OH excluding ortho intramolecular Hbond substituents is 12. The summed E-state index contributed by atoms with van der Waals surface area (Å²) in [7, 11) is 0. The van der Waals surface area contributed by atoms with Gasteiger partial charge >= 0.3 is 0 Å². The monoisotopic (exact) mass is 1570 g/mol. The highest BCUT2D eigenvalue weighted by Crippen LogP contribution is 2.66. The summed E-state index contributed by atoms with van der Waals surface area (Å²) in [6.45, 7) is 4.20. The van der Waals surface area contributed by atoms with Gasteiger partial charge in [-0.3, -0.25) is 0 Å². The van der Waals surface area contributed by atoms with Gasteiger partial charge in [-0.1, -0.05) is 245 Å². The van der Waals surface area contributed by atoms with Crippen molar-refractivity contribution in [3.8, 4) is 181 Å². The molecule has 0 saturated carbocycles. The number of fused-ring (bicyclic) bond motifs is 17. The molecular weight excluding hydrogens is 1490 g/mol. The van der Waals surface area contributed by atoms with Crippen molar-refractivity contribution >= 4 is 0 Å². The van der Waals surface area contributed by atoms with Crippen LogP contribution in [0, 0.1) is 0 Å². The van der Waals surface area contributed by atoms with Crippen LogP contribution in [0.5, 0.6) is 80.5 Å². The van der Waals surface area contributed by atoms with E-state index in [0.717, 1.165) is 117 Å². The molecule has 586 valence electrons. The molecule has 3 spiro atoms. The normalized spacial score (nSPS) is 18.8. The van der Waals surface area contributed by atoms with Crippen LogP contribution in [0.3, 0.4) is 0 Å². The number of ether oxygens (including phenoxy) is 2. The van der Waals surface area contributed by atoms with Gasteiger partial charge in [-0.15, -0.1) is 0 Å². The van der Waals surface area contributed by atoms with E-state index in [1.165, 1.54) is 24.3 Å². The van der Waals surface area contributed by atoms with Crippen LogP contribution in [0.2, 0.25) is 0 Å². The van der Waals surface area contributed by atoms with E-state index in [-0.39, 0.29) is 81.8 Å². The molecule has 15 aromatic carbocycles. The number of hydrogen-bond acceptors (Lipinski definition) is 14. The lowest BCUT2D eigenvalue weighted by molar-refractivity contribution is -0.169. The molecule has 3 aliphatic carbocycles. The number of rotatable bonds is 10. The molecule has 14 nitrogen and oxygen atoms in total. The van der Waals surface area contributed by atoms with Gasteiger partial charge in [-0.25, -0.2) is 0 Å². The quantitative estimate of drug-likeness (QED) is 0.0569. The number of aromatic hydroxyl groups is 12. The molecule has 4 unspecified atom stereocenters. The molecule has 119 heavy (non-hydrogen) atoms. The first-order valence-corrected chi connectivity index (χ1v) is 40.2. The Labute approximate surface area is 686 Å². The Hall–Kier alpha value is -14.5. The average molecular weight is 1570 g/mol. The minimum Gasteiger partial charge on any atom is -0.504 e. The second kappa shape index (κ2) is 27.3. The average Bonchev–Trinajstić information content (AvgIpc) is 1.66. The van der Waals surface area contributed by atoms with E-state index in [1.807, 2.05) is 127 Å². The van der Waals surface area contributed by atoms with E-state index in [0.29, 0.717) is 77.5 Å². The molecule has 20 rings (SSSR count). The van der Waals surface area contributed by atoms with Crippen LogP contribution in [0.25, 0.3) is 100 Å². The standard InChI is InChI=1S/C105H82O14/c1-101(55-59-35-37-63(38-36-59)98-97(62-25-10-5-11-26-62)99(64-39-41-80(106)82(108)45-64)95(60-21-6-3-7-22-60)96(61-23-8-4-9-24-61)100(98)65-40-42-81(107)83(109)46-65)57-103(118-92-53-90(116)88(114)51-78(92)101)58-102(2,79-52-89(115)91(117)54-93(79)119-103)56-66-27-20-34-75-94(66)69-30-14-17-33-74(69)105(75)44-19-18-43-104(72-31-15-12-28-67(72)68-29-13-16-32-73(68)104)76-49-86(112)84(110)47-70(76)71-48-85(111)87(113)50-77(71)105/h3-17,20-42,45-54,106-117H,18-19,43-44,55-58H2,1-2H3. The third-order valence-electron chi connectivity index (χ3n) is 26.1. The van der Waals surface area contributed by atoms with Crippen LogP contribution in [0.15, 0.2) is 291 Å². The van der Waals surface area contributed by atoms with Crippen molar-refractivity contribution in [3.63, 3.8) is 0 Å². The zero-order chi connectivity index (χ0) is 81.8. The molecular formula is C105H82O14. The Morgan fingerprint density at radius 3 is 1.01 bits per heavy atom. The topological polar surface area (TPSA) is 261 Å². The smallest absolute Gasteiger partial charge is 0.253 e. The molecule has 0 aromatic heterocycles. The Morgan fingerprint density at radius 1 is 0.244 bits per heavy atom. The van der Waals surface area contributed by atoms with Gasteiger partial charge in [0, 0.05) is 57.8 Å². The summed E-state index contributed by atoms with van der Waals surface area (Å²) in [6.07, 6.45) is 3.45. The van der Waals surface area contributed by atoms with Crippen molar-refractivity contribution in [2.45, 2.75) is 92.7 Å². The second-order valence-corrected chi connectivity index (χ2v) is 33.3. The molecule has 14 heteroatoms. The fraction of sp³-hybridized carbons (Fsp3) is 0.143. The molecule has 0 bridgehead atoms. The van der Waals surface area contributed by atoms with E-state index in [4.69, 9.17) is 9.47 Å². The van der Waals surface area contributed by atoms with Gasteiger partial charge in [0.1, 0.15) is 11.5 Å². The first kappa shape index (κ1) is 73.4. The Kier molecular flexibility index (Phi) is 16.9. The highest BCUT2D eigenvalue weighted by Gasteiger charge is 2.58. The molecule has 0 radical (unpaired) electrons. The van der Waals surface area contributed by atoms with Gasteiger partial charge in [0.25, 0.3) is 5.79 Å². The van der Waals surface area contributed by atoms with E-state index in [1.54, 1.807) is 60.7 Å². The summed E-state index contributed by atoms with van der Waals surface area (Å²) in [5.41, 5.74) is 18.7. The maximum Gasteiger partial charge on any atom is 0.253 e. The van der Waals surface area contributed by atoms with Gasteiger partial charge in [0.15, 0.2) is 69.0 Å². The fourth-order valence-corrected chi connectivity index (χ4v) is 21.3. The number of phenols is 12. The summed E-state index contributed by atoms with van der Waals surface area (Å²) in [4.78, 5) is 0. The SMILES string of the molecule is CC1(Cc2ccc(-c3c(-c4ccccc4)c(-c4ccc(O)c(O)c4)c(-c4ccccc4)c(-c4ccccc4)c3-c3ccc(O)c(O)c3)cc2)CC2(CC(C)(Cc3cccc4c3-c3ccccc3C43CCCCC4(c5ccccc5-c5ccccc54)c4cc(O)c(O)cc4-c4cc(O)c(O)cc43)c3cc(O)c(O)cc3O2)Oc2cc(O)c(O)cc21. The summed E-state index contributed by atoms with van der Waals surface area (Å²) in [6, 6.07) is 91.8. The lowest BCUT2D eigenvalue weighted by Crippen LogP contribution is -2.57. The van der Waals surface area contributed by atoms with Crippen LogP contribution < -0.4 is 9.47 Å². The first-order valence-electron chi connectivity index (χ1n) is 40.2. The Bertz CT molecular complexity index is 6650. The maximum atomic E-state index is 12.1. The summed E-state index contributed by atoms with van der Waals surface area (Å²) >= 11 is 0. The van der Waals surface area contributed by atoms with Gasteiger partial charge in [0.2, 0.25) is 0 Å². The van der Waals surface area contributed by atoms with E-state index in [9.17, 15) is 61.3 Å². The minimum atomic E-state index is -1.59. The first-order chi connectivity index (χ1) is 57.6. The molecule has 0 fully saturated rings. The van der Waals surface area contributed by atoms with Crippen LogP contribution in [0.4, 0.5) is 0 Å². The van der Waals surface area contributed by atoms with Crippen molar-refractivity contribution < 1.29 is 70.8 Å². The molecule has 4 atom stereocenters. The second-order valence-electron chi connectivity index (χ2n) is 33.3. The lowest BCUT2D eigenvalue weighted by atomic mass is 9.62. The van der Waals surface area contributed by atoms with Crippen LogP contribution in [-0.4, -0.2) is 67.1 Å². The highest BCUT2D eigenvalue weighted by molar-refractivity contribution is 6.15. The third-order valence-corrected chi connectivity index (χ3v) is 26.1. The van der Waals surface area contributed by atoms with E-state index >= 15 is 0 Å². The summed E-state index contributed by atoms with van der Waals surface area (Å²) in [5, 5.41) is 140. The predicted octanol–water partition coefficient (Wildman–Crippen LogP) is 23.0. The number of benzene rings is 15. The Morgan fingerprint density at radius 2 is 0.571 bits per heavy atom. The number of hydrogen-bond donors (Lipinski definition) is 12. The molecule has 2 aliphatic heterocycles. The van der Waals surface area contributed by atoms with Crippen LogP contribution >= 0.6 is 0 Å². The van der Waals surface area contributed by atoms with Crippen molar-refractivity contribution in [1.82, 2.24) is 0 Å². The molecule has 5 aliphatic rings. The van der Waals surface area contributed by atoms with Crippen molar-refractivity contribution in [3.05, 3.63) is 347 Å². The van der Waals surface area contributed by atoms with Crippen molar-refractivity contribution in [2.75, 3.05) is 0 Å². The van der Waals surface area contributed by atoms with Crippen LogP contribution in [0.1, 0.15) is 108 Å². The molecule has 0 saturated heterocycles.